The van der Waals surface area contributed by atoms with Crippen LogP contribution in [0.3, 0.4) is 0 Å². The van der Waals surface area contributed by atoms with Gasteiger partial charge in [0.05, 0.1) is 5.69 Å². The van der Waals surface area contributed by atoms with E-state index in [1.807, 2.05) is 4.68 Å². The Morgan fingerprint density at radius 2 is 1.89 bits per heavy atom. The first-order valence-electron chi connectivity index (χ1n) is 7.41. The van der Waals surface area contributed by atoms with Gasteiger partial charge in [-0.1, -0.05) is 40.5 Å². The molecule has 1 atom stereocenters. The zero-order chi connectivity index (χ0) is 13.5. The lowest BCUT2D eigenvalue weighted by Crippen LogP contribution is -2.38. The van der Waals surface area contributed by atoms with Gasteiger partial charge in [-0.25, -0.2) is 0 Å². The zero-order valence-corrected chi connectivity index (χ0v) is 12.7. The minimum atomic E-state index is 0.574. The molecule has 0 aliphatic rings. The number of rotatable bonds is 8. The van der Waals surface area contributed by atoms with Gasteiger partial charge in [0.25, 0.3) is 0 Å². The van der Waals surface area contributed by atoms with E-state index < -0.39 is 0 Å². The number of aromatic nitrogens is 2. The lowest BCUT2D eigenvalue weighted by atomic mass is 9.90. The van der Waals surface area contributed by atoms with Crippen LogP contribution in [0.15, 0.2) is 6.07 Å². The standard InChI is InChI=1S/C15H29N3/c1-6-12(7-2)15(16-9-4)11-14-10-13(8-3)17-18(14)5/h10,12,15-16H,6-9,11H2,1-5H3. The number of likely N-dealkylation sites (N-methyl/N-ethyl adjacent to an activating group) is 1. The fraction of sp³-hybridized carbons (Fsp3) is 0.800. The predicted molar refractivity (Wildman–Crippen MR) is 77.8 cm³/mol. The first-order chi connectivity index (χ1) is 8.65. The average molecular weight is 251 g/mol. The van der Waals surface area contributed by atoms with E-state index in [0.29, 0.717) is 6.04 Å². The lowest BCUT2D eigenvalue weighted by Gasteiger charge is -2.26. The summed E-state index contributed by atoms with van der Waals surface area (Å²) in [5.41, 5.74) is 2.55. The van der Waals surface area contributed by atoms with E-state index in [0.717, 1.165) is 25.3 Å². The molecule has 1 rings (SSSR count). The van der Waals surface area contributed by atoms with Gasteiger partial charge < -0.3 is 5.32 Å². The van der Waals surface area contributed by atoms with Gasteiger partial charge in [-0.3, -0.25) is 4.68 Å². The van der Waals surface area contributed by atoms with E-state index in [1.54, 1.807) is 0 Å². The minimum Gasteiger partial charge on any atom is -0.314 e. The average Bonchev–Trinajstić information content (AvgIpc) is 2.72. The fourth-order valence-corrected chi connectivity index (χ4v) is 2.69. The van der Waals surface area contributed by atoms with Crippen LogP contribution in [0.1, 0.15) is 51.9 Å². The number of hydrogen-bond donors (Lipinski definition) is 1. The van der Waals surface area contributed by atoms with Crippen molar-refractivity contribution < 1.29 is 0 Å². The zero-order valence-electron chi connectivity index (χ0n) is 12.7. The van der Waals surface area contributed by atoms with Crippen LogP contribution in [-0.4, -0.2) is 22.4 Å². The molecular weight excluding hydrogens is 222 g/mol. The van der Waals surface area contributed by atoms with E-state index in [2.05, 4.69) is 51.2 Å². The van der Waals surface area contributed by atoms with Gasteiger partial charge >= 0.3 is 0 Å². The second-order valence-corrected chi connectivity index (χ2v) is 5.05. The molecule has 1 unspecified atom stereocenters. The topological polar surface area (TPSA) is 29.9 Å². The van der Waals surface area contributed by atoms with Gasteiger partial charge in [-0.15, -0.1) is 0 Å². The van der Waals surface area contributed by atoms with Crippen molar-refractivity contribution >= 4 is 0 Å². The smallest absolute Gasteiger partial charge is 0.0624 e. The molecule has 0 fully saturated rings. The third-order valence-corrected chi connectivity index (χ3v) is 3.90. The summed E-state index contributed by atoms with van der Waals surface area (Å²) in [4.78, 5) is 0. The van der Waals surface area contributed by atoms with Gasteiger partial charge in [0.2, 0.25) is 0 Å². The summed E-state index contributed by atoms with van der Waals surface area (Å²) in [5, 5.41) is 8.19. The van der Waals surface area contributed by atoms with Crippen molar-refractivity contribution in [1.29, 1.82) is 0 Å². The van der Waals surface area contributed by atoms with Crippen molar-refractivity contribution in [3.63, 3.8) is 0 Å². The maximum absolute atomic E-state index is 4.54. The van der Waals surface area contributed by atoms with Gasteiger partial charge in [-0.2, -0.15) is 5.10 Å². The maximum Gasteiger partial charge on any atom is 0.0624 e. The first kappa shape index (κ1) is 15.2. The Bertz CT molecular complexity index is 340. The molecule has 0 radical (unpaired) electrons. The predicted octanol–water partition coefficient (Wildman–Crippen LogP) is 2.94. The Morgan fingerprint density at radius 3 is 2.33 bits per heavy atom. The molecule has 0 saturated heterocycles. The fourth-order valence-electron chi connectivity index (χ4n) is 2.69. The molecule has 1 aromatic rings. The highest BCUT2D eigenvalue weighted by Crippen LogP contribution is 2.18. The summed E-state index contributed by atoms with van der Waals surface area (Å²) in [5.74, 6) is 0.755. The van der Waals surface area contributed by atoms with Gasteiger partial charge in [0.1, 0.15) is 0 Å². The third kappa shape index (κ3) is 3.84. The number of aryl methyl sites for hydroxylation is 2. The van der Waals surface area contributed by atoms with Crippen LogP contribution in [-0.2, 0) is 19.9 Å². The second-order valence-electron chi connectivity index (χ2n) is 5.05. The molecule has 0 aromatic carbocycles. The second kappa shape index (κ2) is 7.57. The van der Waals surface area contributed by atoms with Crippen molar-refractivity contribution in [1.82, 2.24) is 15.1 Å². The molecule has 0 amide bonds. The Hall–Kier alpha value is -0.830. The van der Waals surface area contributed by atoms with Crippen LogP contribution in [0.25, 0.3) is 0 Å². The molecule has 1 aromatic heterocycles. The summed E-state index contributed by atoms with van der Waals surface area (Å²) in [6.07, 6.45) is 4.59. The van der Waals surface area contributed by atoms with Crippen LogP contribution in [0, 0.1) is 5.92 Å². The molecule has 1 heterocycles. The molecule has 104 valence electrons. The number of nitrogens with zero attached hydrogens (tertiary/aromatic N) is 2. The van der Waals surface area contributed by atoms with Crippen molar-refractivity contribution in [2.45, 2.75) is 59.4 Å². The van der Waals surface area contributed by atoms with Crippen LogP contribution in [0.5, 0.6) is 0 Å². The maximum atomic E-state index is 4.54. The highest BCUT2D eigenvalue weighted by Gasteiger charge is 2.19. The van der Waals surface area contributed by atoms with Crippen LogP contribution < -0.4 is 5.32 Å². The molecule has 0 aliphatic carbocycles. The van der Waals surface area contributed by atoms with E-state index in [9.17, 15) is 0 Å². The summed E-state index contributed by atoms with van der Waals surface area (Å²) < 4.78 is 2.05. The van der Waals surface area contributed by atoms with Gasteiger partial charge in [-0.05, 0) is 24.9 Å². The highest BCUT2D eigenvalue weighted by atomic mass is 15.3. The molecular formula is C15H29N3. The Kier molecular flexibility index (Phi) is 6.41. The molecule has 1 N–H and O–H groups in total. The van der Waals surface area contributed by atoms with Crippen molar-refractivity contribution in [2.24, 2.45) is 13.0 Å². The molecule has 0 saturated carbocycles. The number of nitrogens with one attached hydrogen (secondary N) is 1. The lowest BCUT2D eigenvalue weighted by molar-refractivity contribution is 0.332. The summed E-state index contributed by atoms with van der Waals surface area (Å²) >= 11 is 0. The number of hydrogen-bond acceptors (Lipinski definition) is 2. The Morgan fingerprint density at radius 1 is 1.22 bits per heavy atom. The summed E-state index contributed by atoms with van der Waals surface area (Å²) in [6.45, 7) is 9.98. The molecule has 3 heteroatoms. The molecule has 0 spiro atoms. The van der Waals surface area contributed by atoms with Crippen molar-refractivity contribution in [3.05, 3.63) is 17.5 Å². The van der Waals surface area contributed by atoms with Gasteiger partial charge in [0.15, 0.2) is 0 Å². The van der Waals surface area contributed by atoms with E-state index in [1.165, 1.54) is 24.2 Å². The van der Waals surface area contributed by atoms with E-state index >= 15 is 0 Å². The summed E-state index contributed by atoms with van der Waals surface area (Å²) in [7, 11) is 2.06. The molecule has 0 bridgehead atoms. The monoisotopic (exact) mass is 251 g/mol. The highest BCUT2D eigenvalue weighted by molar-refractivity contribution is 5.11. The largest absolute Gasteiger partial charge is 0.314 e. The molecule has 18 heavy (non-hydrogen) atoms. The third-order valence-electron chi connectivity index (χ3n) is 3.90. The van der Waals surface area contributed by atoms with Crippen LogP contribution in [0.2, 0.25) is 0 Å². The molecule has 3 nitrogen and oxygen atoms in total. The van der Waals surface area contributed by atoms with Crippen LogP contribution >= 0.6 is 0 Å². The molecule has 0 aliphatic heterocycles. The summed E-state index contributed by atoms with van der Waals surface area (Å²) in [6, 6.07) is 2.83. The van der Waals surface area contributed by atoms with E-state index in [4.69, 9.17) is 0 Å². The van der Waals surface area contributed by atoms with Gasteiger partial charge in [0, 0.05) is 25.2 Å². The SMILES string of the molecule is CCNC(Cc1cc(CC)nn1C)C(CC)CC. The quantitative estimate of drug-likeness (QED) is 0.770. The van der Waals surface area contributed by atoms with Crippen LogP contribution in [0.4, 0.5) is 0 Å². The Labute approximate surface area is 112 Å². The van der Waals surface area contributed by atoms with Crippen molar-refractivity contribution in [3.8, 4) is 0 Å². The first-order valence-corrected chi connectivity index (χ1v) is 7.41. The minimum absolute atomic E-state index is 0.574. The normalized spacial score (nSPS) is 13.2. The van der Waals surface area contributed by atoms with E-state index in [-0.39, 0.29) is 0 Å². The Balaban J connectivity index is 2.78. The van der Waals surface area contributed by atoms with Crippen molar-refractivity contribution in [2.75, 3.05) is 6.54 Å².